The number of nitro groups is 1. The number of piperidine rings is 1. The number of hydrogen-bond acceptors (Lipinski definition) is 5. The predicted octanol–water partition coefficient (Wildman–Crippen LogP) is 5.61. The van der Waals surface area contributed by atoms with Gasteiger partial charge >= 0.3 is 0 Å². The molecule has 188 valence electrons. The number of rotatable bonds is 7. The van der Waals surface area contributed by atoms with Crippen LogP contribution in [0.3, 0.4) is 0 Å². The number of carbonyl (C=O) groups excluding carboxylic acids is 1. The summed E-state index contributed by atoms with van der Waals surface area (Å²) in [5.41, 5.74) is 3.98. The Balaban J connectivity index is 1.19. The molecule has 2 aromatic rings. The maximum absolute atomic E-state index is 13.1. The number of hydrogen-bond donors (Lipinski definition) is 2. The van der Waals surface area contributed by atoms with E-state index in [9.17, 15) is 14.9 Å². The Kier molecular flexibility index (Phi) is 7.63. The highest BCUT2D eigenvalue weighted by Crippen LogP contribution is 2.34. The lowest BCUT2D eigenvalue weighted by molar-refractivity contribution is -0.385. The molecule has 0 spiro atoms. The molecule has 7 nitrogen and oxygen atoms in total. The van der Waals surface area contributed by atoms with Crippen LogP contribution in [-0.2, 0) is 4.79 Å². The van der Waals surface area contributed by atoms with Crippen LogP contribution in [0.25, 0.3) is 0 Å². The molecule has 35 heavy (non-hydrogen) atoms. The van der Waals surface area contributed by atoms with E-state index < -0.39 is 0 Å². The summed E-state index contributed by atoms with van der Waals surface area (Å²) in [6.45, 7) is 8.55. The van der Waals surface area contributed by atoms with Gasteiger partial charge in [0.05, 0.1) is 4.92 Å². The van der Waals surface area contributed by atoms with E-state index in [0.717, 1.165) is 63.8 Å². The summed E-state index contributed by atoms with van der Waals surface area (Å²) in [5, 5.41) is 17.8. The molecule has 2 N–H and O–H groups in total. The lowest BCUT2D eigenvalue weighted by Gasteiger charge is -2.40. The van der Waals surface area contributed by atoms with Crippen LogP contribution in [0.4, 0.5) is 17.1 Å². The van der Waals surface area contributed by atoms with Gasteiger partial charge in [-0.25, -0.2) is 0 Å². The average molecular weight is 479 g/mol. The molecule has 1 aliphatic carbocycles. The van der Waals surface area contributed by atoms with E-state index in [2.05, 4.69) is 53.6 Å². The van der Waals surface area contributed by atoms with Gasteiger partial charge in [-0.05, 0) is 82.6 Å². The number of aryl methyl sites for hydroxylation is 2. The molecule has 1 saturated carbocycles. The number of nitrogens with one attached hydrogen (secondary N) is 2. The minimum absolute atomic E-state index is 0.157. The van der Waals surface area contributed by atoms with Crippen molar-refractivity contribution in [3.05, 3.63) is 63.7 Å². The molecular weight excluding hydrogens is 440 g/mol. The Morgan fingerprint density at radius 3 is 2.31 bits per heavy atom. The Labute approximate surface area is 208 Å². The molecule has 2 aromatic carbocycles. The van der Waals surface area contributed by atoms with Crippen LogP contribution in [0.1, 0.15) is 56.6 Å². The monoisotopic (exact) mass is 478 g/mol. The van der Waals surface area contributed by atoms with Crippen molar-refractivity contribution >= 4 is 23.0 Å². The lowest BCUT2D eigenvalue weighted by Crippen LogP contribution is -2.48. The first-order valence-electron chi connectivity index (χ1n) is 12.8. The van der Waals surface area contributed by atoms with E-state index >= 15 is 0 Å². The van der Waals surface area contributed by atoms with Crippen molar-refractivity contribution in [2.75, 3.05) is 29.9 Å². The molecule has 2 fully saturated rings. The van der Waals surface area contributed by atoms with Gasteiger partial charge in [-0.2, -0.15) is 0 Å². The number of anilines is 2. The highest BCUT2D eigenvalue weighted by Gasteiger charge is 2.37. The zero-order chi connectivity index (χ0) is 25.0. The first kappa shape index (κ1) is 25.0. The topological polar surface area (TPSA) is 87.5 Å². The molecule has 0 atom stereocenters. The van der Waals surface area contributed by atoms with Crippen LogP contribution in [0.5, 0.6) is 0 Å². The first-order chi connectivity index (χ1) is 16.7. The van der Waals surface area contributed by atoms with Gasteiger partial charge in [0.15, 0.2) is 0 Å². The van der Waals surface area contributed by atoms with E-state index in [0.29, 0.717) is 17.5 Å². The molecule has 7 heteroatoms. The van der Waals surface area contributed by atoms with Gasteiger partial charge in [0.25, 0.3) is 5.69 Å². The lowest BCUT2D eigenvalue weighted by atomic mass is 9.79. The number of carbonyl (C=O) groups is 1. The third-order valence-corrected chi connectivity index (χ3v) is 7.98. The number of benzene rings is 2. The molecule has 4 rings (SSSR count). The quantitative estimate of drug-likeness (QED) is 0.399. The first-order valence-corrected chi connectivity index (χ1v) is 12.8. The average Bonchev–Trinajstić information content (AvgIpc) is 2.84. The molecular formula is C28H38N4O3. The van der Waals surface area contributed by atoms with Crippen LogP contribution in [-0.4, -0.2) is 36.5 Å². The summed E-state index contributed by atoms with van der Waals surface area (Å²) in [6.07, 6.45) is 5.97. The fourth-order valence-electron chi connectivity index (χ4n) is 5.39. The van der Waals surface area contributed by atoms with Crippen molar-refractivity contribution in [3.8, 4) is 0 Å². The van der Waals surface area contributed by atoms with Crippen LogP contribution in [0.15, 0.2) is 42.5 Å². The second-order valence-electron chi connectivity index (χ2n) is 10.7. The van der Waals surface area contributed by atoms with Crippen LogP contribution < -0.4 is 15.5 Å². The zero-order valence-electron chi connectivity index (χ0n) is 21.2. The summed E-state index contributed by atoms with van der Waals surface area (Å²) in [4.78, 5) is 26.1. The fourth-order valence-corrected chi connectivity index (χ4v) is 5.39. The SMILES string of the molecule is Cc1ccc(N2CCC(C)(C(=O)NCC3CCC(Nc4ccc([N+](=O)[O-])c(C)c4)CC3)CC2)cc1. The Hall–Kier alpha value is -3.09. The summed E-state index contributed by atoms with van der Waals surface area (Å²) in [5.74, 6) is 0.703. The predicted molar refractivity (Wildman–Crippen MR) is 141 cm³/mol. The standard InChI is InChI=1S/C28H38N4O3/c1-20-4-11-25(12-5-20)31-16-14-28(3,15-17-31)27(33)29-19-22-6-8-23(9-7-22)30-24-10-13-26(32(34)35)21(2)18-24/h4-5,10-13,18,22-23,30H,6-9,14-17,19H2,1-3H3,(H,29,33). The normalized spacial score (nSPS) is 21.9. The van der Waals surface area contributed by atoms with Crippen molar-refractivity contribution in [1.29, 1.82) is 0 Å². The summed E-state index contributed by atoms with van der Waals surface area (Å²) in [7, 11) is 0. The van der Waals surface area contributed by atoms with Gasteiger partial charge < -0.3 is 15.5 Å². The van der Waals surface area contributed by atoms with Gasteiger partial charge in [-0.3, -0.25) is 14.9 Å². The maximum Gasteiger partial charge on any atom is 0.272 e. The number of amides is 1. The van der Waals surface area contributed by atoms with E-state index in [1.54, 1.807) is 19.1 Å². The van der Waals surface area contributed by atoms with Gasteiger partial charge in [0, 0.05) is 54.1 Å². The highest BCUT2D eigenvalue weighted by atomic mass is 16.6. The largest absolute Gasteiger partial charge is 0.382 e. The third kappa shape index (κ3) is 6.13. The van der Waals surface area contributed by atoms with Crippen molar-refractivity contribution < 1.29 is 9.72 Å². The zero-order valence-corrected chi connectivity index (χ0v) is 21.2. The number of nitrogens with zero attached hydrogens (tertiary/aromatic N) is 2. The van der Waals surface area contributed by atoms with Crippen molar-refractivity contribution in [3.63, 3.8) is 0 Å². The van der Waals surface area contributed by atoms with Crippen molar-refractivity contribution in [2.24, 2.45) is 11.3 Å². The second-order valence-corrected chi connectivity index (χ2v) is 10.7. The Morgan fingerprint density at radius 2 is 1.71 bits per heavy atom. The van der Waals surface area contributed by atoms with E-state index in [4.69, 9.17) is 0 Å². The fraction of sp³-hybridized carbons (Fsp3) is 0.536. The van der Waals surface area contributed by atoms with Crippen LogP contribution >= 0.6 is 0 Å². The Morgan fingerprint density at radius 1 is 1.06 bits per heavy atom. The summed E-state index contributed by atoms with van der Waals surface area (Å²) >= 11 is 0. The molecule has 0 bridgehead atoms. The van der Waals surface area contributed by atoms with Gasteiger partial charge in [-0.15, -0.1) is 0 Å². The molecule has 1 heterocycles. The van der Waals surface area contributed by atoms with Gasteiger partial charge in [0.2, 0.25) is 5.91 Å². The van der Waals surface area contributed by atoms with Crippen molar-refractivity contribution in [1.82, 2.24) is 5.32 Å². The highest BCUT2D eigenvalue weighted by molar-refractivity contribution is 5.82. The van der Waals surface area contributed by atoms with E-state index in [-0.39, 0.29) is 21.9 Å². The smallest absolute Gasteiger partial charge is 0.272 e. The van der Waals surface area contributed by atoms with Crippen LogP contribution in [0, 0.1) is 35.3 Å². The molecule has 2 aliphatic rings. The molecule has 1 saturated heterocycles. The maximum atomic E-state index is 13.1. The summed E-state index contributed by atoms with van der Waals surface area (Å²) < 4.78 is 0. The molecule has 0 aromatic heterocycles. The van der Waals surface area contributed by atoms with Crippen molar-refractivity contribution in [2.45, 2.75) is 65.3 Å². The minimum Gasteiger partial charge on any atom is -0.382 e. The molecule has 1 aliphatic heterocycles. The summed E-state index contributed by atoms with van der Waals surface area (Å²) in [6, 6.07) is 14.2. The van der Waals surface area contributed by atoms with Gasteiger partial charge in [-0.1, -0.05) is 24.6 Å². The van der Waals surface area contributed by atoms with Gasteiger partial charge in [0.1, 0.15) is 0 Å². The minimum atomic E-state index is -0.341. The number of nitro benzene ring substituents is 1. The van der Waals surface area contributed by atoms with E-state index in [1.165, 1.54) is 11.3 Å². The second kappa shape index (κ2) is 10.7. The Bertz CT molecular complexity index is 1040. The van der Waals surface area contributed by atoms with E-state index in [1.807, 2.05) is 6.07 Å². The van der Waals surface area contributed by atoms with Crippen LogP contribution in [0.2, 0.25) is 0 Å². The molecule has 0 unspecified atom stereocenters. The third-order valence-electron chi connectivity index (χ3n) is 7.98. The molecule has 1 amide bonds. The molecule has 0 radical (unpaired) electrons.